The van der Waals surface area contributed by atoms with Crippen LogP contribution in [0.4, 0.5) is 0 Å². The molecule has 0 rings (SSSR count). The smallest absolute Gasteiger partial charge is 0.305 e. The summed E-state index contributed by atoms with van der Waals surface area (Å²) >= 11 is 0. The first-order chi connectivity index (χ1) is 17.5. The Bertz CT molecular complexity index is 513. The molecule has 0 spiro atoms. The lowest BCUT2D eigenvalue weighted by Crippen LogP contribution is -2.41. The number of amides is 1. The van der Waals surface area contributed by atoms with Crippen LogP contribution in [-0.4, -0.2) is 73.7 Å². The van der Waals surface area contributed by atoms with Crippen molar-refractivity contribution in [2.75, 3.05) is 40.9 Å². The minimum Gasteiger partial charge on any atom is -0.469 e. The number of nitrogens with zero attached hydrogens (tertiary/aromatic N) is 2. The Morgan fingerprint density at radius 1 is 0.694 bits per heavy atom. The summed E-state index contributed by atoms with van der Waals surface area (Å²) in [6.07, 6.45) is 21.5. The maximum atomic E-state index is 13.3. The molecule has 0 aromatic rings. The number of esters is 1. The summed E-state index contributed by atoms with van der Waals surface area (Å²) in [5, 5.41) is 9.18. The lowest BCUT2D eigenvalue weighted by molar-refractivity contribution is -0.140. The van der Waals surface area contributed by atoms with Gasteiger partial charge in [0.25, 0.3) is 0 Å². The van der Waals surface area contributed by atoms with Crippen LogP contribution < -0.4 is 0 Å². The molecule has 214 valence electrons. The van der Waals surface area contributed by atoms with E-state index < -0.39 is 0 Å². The molecule has 1 unspecified atom stereocenters. The van der Waals surface area contributed by atoms with E-state index in [1.807, 2.05) is 0 Å². The van der Waals surface area contributed by atoms with E-state index in [0.717, 1.165) is 77.3 Å². The Kier molecular flexibility index (Phi) is 24.7. The van der Waals surface area contributed by atoms with E-state index in [-0.39, 0.29) is 12.6 Å². The van der Waals surface area contributed by atoms with Gasteiger partial charge >= 0.3 is 5.97 Å². The van der Waals surface area contributed by atoms with Gasteiger partial charge in [0, 0.05) is 32.0 Å². The summed E-state index contributed by atoms with van der Waals surface area (Å²) in [5.41, 5.74) is 0. The number of methoxy groups -OCH3 is 1. The second-order valence-corrected chi connectivity index (χ2v) is 10.7. The summed E-state index contributed by atoms with van der Waals surface area (Å²) in [7, 11) is 5.56. The molecule has 0 aliphatic heterocycles. The first-order valence-electron chi connectivity index (χ1n) is 15.1. The van der Waals surface area contributed by atoms with Crippen LogP contribution in [0.1, 0.15) is 135 Å². The van der Waals surface area contributed by atoms with Crippen LogP contribution in [0.5, 0.6) is 0 Å². The molecule has 0 aromatic heterocycles. The lowest BCUT2D eigenvalue weighted by atomic mass is 9.97. The number of aliphatic hydroxyl groups is 1. The molecular weight excluding hydrogens is 452 g/mol. The predicted octanol–water partition coefficient (Wildman–Crippen LogP) is 6.73. The number of unbranched alkanes of at least 4 members (excludes halogenated alkanes) is 12. The molecule has 0 bridgehead atoms. The zero-order valence-electron chi connectivity index (χ0n) is 24.4. The van der Waals surface area contributed by atoms with Crippen LogP contribution >= 0.6 is 0 Å². The zero-order chi connectivity index (χ0) is 26.9. The van der Waals surface area contributed by atoms with Crippen LogP contribution in [0.25, 0.3) is 0 Å². The Balaban J connectivity index is 4.87. The normalized spacial score (nSPS) is 12.2. The van der Waals surface area contributed by atoms with Crippen molar-refractivity contribution >= 4 is 11.9 Å². The van der Waals surface area contributed by atoms with Gasteiger partial charge in [-0.2, -0.15) is 0 Å². The number of rotatable bonds is 26. The highest BCUT2D eigenvalue weighted by Crippen LogP contribution is 2.21. The van der Waals surface area contributed by atoms with Gasteiger partial charge in [-0.1, -0.05) is 77.6 Å². The molecule has 0 heterocycles. The van der Waals surface area contributed by atoms with E-state index in [4.69, 9.17) is 4.74 Å². The second kappa shape index (κ2) is 25.5. The van der Waals surface area contributed by atoms with Gasteiger partial charge in [0.2, 0.25) is 5.91 Å². The minimum atomic E-state index is -0.125. The van der Waals surface area contributed by atoms with Crippen LogP contribution in [0, 0.1) is 0 Å². The molecule has 0 fully saturated rings. The fourth-order valence-corrected chi connectivity index (χ4v) is 4.85. The Morgan fingerprint density at radius 2 is 1.25 bits per heavy atom. The predicted molar refractivity (Wildman–Crippen MR) is 151 cm³/mol. The Labute approximate surface area is 223 Å². The SMILES string of the molecule is CCCCCCCCCCC(CCCCCCC(=O)OC)N(CCCCCO)C(=O)CCCN(C)C. The van der Waals surface area contributed by atoms with Gasteiger partial charge in [-0.05, 0) is 65.6 Å². The maximum absolute atomic E-state index is 13.3. The number of ether oxygens (including phenoxy) is 1. The Hall–Kier alpha value is -1.14. The molecule has 1 atom stereocenters. The molecule has 0 saturated heterocycles. The minimum absolute atomic E-state index is 0.125. The topological polar surface area (TPSA) is 70.1 Å². The number of carbonyl (C=O) groups is 2. The molecule has 0 aliphatic rings. The van der Waals surface area contributed by atoms with Crippen molar-refractivity contribution in [3.8, 4) is 0 Å². The molecule has 36 heavy (non-hydrogen) atoms. The summed E-state index contributed by atoms with van der Waals surface area (Å²) in [4.78, 5) is 29.0. The van der Waals surface area contributed by atoms with E-state index >= 15 is 0 Å². The van der Waals surface area contributed by atoms with E-state index in [9.17, 15) is 14.7 Å². The molecule has 0 saturated carbocycles. The van der Waals surface area contributed by atoms with Gasteiger partial charge in [-0.15, -0.1) is 0 Å². The first kappa shape index (κ1) is 34.9. The highest BCUT2D eigenvalue weighted by molar-refractivity contribution is 5.76. The van der Waals surface area contributed by atoms with Crippen molar-refractivity contribution in [2.24, 2.45) is 0 Å². The average Bonchev–Trinajstić information content (AvgIpc) is 2.86. The fourth-order valence-electron chi connectivity index (χ4n) is 4.85. The van der Waals surface area contributed by atoms with Crippen molar-refractivity contribution in [1.82, 2.24) is 9.80 Å². The van der Waals surface area contributed by atoms with Crippen LogP contribution in [0.3, 0.4) is 0 Å². The monoisotopic (exact) mass is 512 g/mol. The van der Waals surface area contributed by atoms with Crippen molar-refractivity contribution in [1.29, 1.82) is 0 Å². The van der Waals surface area contributed by atoms with E-state index in [2.05, 4.69) is 30.8 Å². The quantitative estimate of drug-likeness (QED) is 0.103. The molecule has 6 heteroatoms. The highest BCUT2D eigenvalue weighted by atomic mass is 16.5. The molecular formula is C30H60N2O4. The van der Waals surface area contributed by atoms with Gasteiger partial charge in [0.05, 0.1) is 7.11 Å². The van der Waals surface area contributed by atoms with Crippen molar-refractivity contribution in [2.45, 2.75) is 141 Å². The standard InChI is InChI=1S/C30H60N2O4/c1-5-6-7-8-9-10-11-15-21-28(22-16-12-13-17-24-30(35)36-4)32(26-18-14-19-27-33)29(34)23-20-25-31(2)3/h28,33H,5-27H2,1-4H3. The largest absolute Gasteiger partial charge is 0.469 e. The second-order valence-electron chi connectivity index (χ2n) is 10.7. The summed E-state index contributed by atoms with van der Waals surface area (Å²) in [6.45, 7) is 4.23. The van der Waals surface area contributed by atoms with E-state index in [0.29, 0.717) is 24.8 Å². The van der Waals surface area contributed by atoms with Gasteiger partial charge in [0.1, 0.15) is 0 Å². The lowest BCUT2D eigenvalue weighted by Gasteiger charge is -2.33. The third-order valence-electron chi connectivity index (χ3n) is 7.10. The number of carbonyl (C=O) groups excluding carboxylic acids is 2. The third-order valence-corrected chi connectivity index (χ3v) is 7.10. The fraction of sp³-hybridized carbons (Fsp3) is 0.933. The number of aliphatic hydroxyl groups excluding tert-OH is 1. The molecule has 1 N–H and O–H groups in total. The van der Waals surface area contributed by atoms with Gasteiger partial charge < -0.3 is 19.6 Å². The summed E-state index contributed by atoms with van der Waals surface area (Å²) in [6, 6.07) is 0.312. The number of hydrogen-bond donors (Lipinski definition) is 1. The third kappa shape index (κ3) is 21.0. The van der Waals surface area contributed by atoms with Gasteiger partial charge in [0.15, 0.2) is 0 Å². The number of hydrogen-bond acceptors (Lipinski definition) is 5. The van der Waals surface area contributed by atoms with Crippen LogP contribution in [0.2, 0.25) is 0 Å². The average molecular weight is 513 g/mol. The zero-order valence-corrected chi connectivity index (χ0v) is 24.4. The van der Waals surface area contributed by atoms with Gasteiger partial charge in [-0.25, -0.2) is 0 Å². The van der Waals surface area contributed by atoms with Crippen molar-refractivity contribution in [3.63, 3.8) is 0 Å². The van der Waals surface area contributed by atoms with Crippen molar-refractivity contribution in [3.05, 3.63) is 0 Å². The Morgan fingerprint density at radius 3 is 1.81 bits per heavy atom. The van der Waals surface area contributed by atoms with Crippen LogP contribution in [0.15, 0.2) is 0 Å². The first-order valence-corrected chi connectivity index (χ1v) is 15.1. The van der Waals surface area contributed by atoms with Crippen molar-refractivity contribution < 1.29 is 19.4 Å². The summed E-state index contributed by atoms with van der Waals surface area (Å²) in [5.74, 6) is 0.177. The molecule has 6 nitrogen and oxygen atoms in total. The van der Waals surface area contributed by atoms with E-state index in [1.165, 1.54) is 58.5 Å². The summed E-state index contributed by atoms with van der Waals surface area (Å²) < 4.78 is 4.74. The molecule has 0 aliphatic carbocycles. The van der Waals surface area contributed by atoms with E-state index in [1.54, 1.807) is 0 Å². The van der Waals surface area contributed by atoms with Crippen LogP contribution in [-0.2, 0) is 14.3 Å². The molecule has 0 radical (unpaired) electrons. The molecule has 1 amide bonds. The van der Waals surface area contributed by atoms with Gasteiger partial charge in [-0.3, -0.25) is 9.59 Å². The highest BCUT2D eigenvalue weighted by Gasteiger charge is 2.22. The molecule has 0 aromatic carbocycles. The maximum Gasteiger partial charge on any atom is 0.305 e.